The number of rotatable bonds is 5. The van der Waals surface area contributed by atoms with Crippen LogP contribution in [0.25, 0.3) is 0 Å². The Morgan fingerprint density at radius 2 is 1.88 bits per heavy atom. The Bertz CT molecular complexity index is 224. The van der Waals surface area contributed by atoms with Crippen LogP contribution in [0.2, 0.25) is 0 Å². The molecule has 4 heteroatoms. The van der Waals surface area contributed by atoms with Crippen molar-refractivity contribution < 1.29 is 9.53 Å². The van der Waals surface area contributed by atoms with Crippen molar-refractivity contribution in [2.24, 2.45) is 11.1 Å². The van der Waals surface area contributed by atoms with Gasteiger partial charge < -0.3 is 15.8 Å². The predicted octanol–water partition coefficient (Wildman–Crippen LogP) is 2.28. The number of hydrogen-bond donors (Lipinski definition) is 2. The molecule has 0 saturated carbocycles. The number of carbonyl (C=O) groups excluding carboxylic acids is 1. The van der Waals surface area contributed by atoms with E-state index in [1.807, 2.05) is 20.8 Å². The van der Waals surface area contributed by atoms with Crippen LogP contribution in [0, 0.1) is 5.41 Å². The quantitative estimate of drug-likeness (QED) is 0.761. The largest absolute Gasteiger partial charge is 0.444 e. The third-order valence-corrected chi connectivity index (χ3v) is 2.40. The van der Waals surface area contributed by atoms with Gasteiger partial charge in [0.25, 0.3) is 0 Å². The summed E-state index contributed by atoms with van der Waals surface area (Å²) in [6, 6.07) is 0. The van der Waals surface area contributed by atoms with E-state index < -0.39 is 5.60 Å². The number of hydrogen-bond acceptors (Lipinski definition) is 3. The molecule has 0 fully saturated rings. The molecular weight excluding hydrogens is 204 g/mol. The second-order valence-electron chi connectivity index (χ2n) is 5.62. The van der Waals surface area contributed by atoms with Crippen molar-refractivity contribution in [3.05, 3.63) is 0 Å². The van der Waals surface area contributed by atoms with Gasteiger partial charge in [-0.25, -0.2) is 4.79 Å². The number of alkyl carbamates (subject to hydrolysis) is 1. The fraction of sp³-hybridized carbons (Fsp3) is 0.917. The minimum atomic E-state index is -0.450. The molecule has 0 aromatic heterocycles. The summed E-state index contributed by atoms with van der Waals surface area (Å²) in [5.41, 5.74) is 5.23. The second kappa shape index (κ2) is 6.09. The van der Waals surface area contributed by atoms with Crippen molar-refractivity contribution in [1.29, 1.82) is 0 Å². The molecule has 0 aliphatic carbocycles. The molecule has 0 bridgehead atoms. The summed E-state index contributed by atoms with van der Waals surface area (Å²) in [6.07, 6.45) is 1.69. The van der Waals surface area contributed by atoms with Gasteiger partial charge in [0, 0.05) is 6.54 Å². The molecular formula is C12H26N2O2. The Kier molecular flexibility index (Phi) is 5.79. The minimum Gasteiger partial charge on any atom is -0.444 e. The zero-order valence-corrected chi connectivity index (χ0v) is 11.2. The molecule has 0 heterocycles. The van der Waals surface area contributed by atoms with Crippen LogP contribution < -0.4 is 11.1 Å². The fourth-order valence-corrected chi connectivity index (χ4v) is 1.47. The first kappa shape index (κ1) is 15.2. The molecule has 0 aromatic carbocycles. The maximum atomic E-state index is 11.5. The molecule has 0 saturated heterocycles. The van der Waals surface area contributed by atoms with Gasteiger partial charge in [-0.1, -0.05) is 20.3 Å². The molecule has 1 amide bonds. The molecule has 1 atom stereocenters. The van der Waals surface area contributed by atoms with E-state index in [2.05, 4.69) is 19.2 Å². The lowest BCUT2D eigenvalue weighted by atomic mass is 9.86. The molecule has 0 rings (SSSR count). The number of amides is 1. The third kappa shape index (κ3) is 6.67. The molecule has 1 unspecified atom stereocenters. The normalized spacial score (nSPS) is 15.4. The lowest BCUT2D eigenvalue weighted by Crippen LogP contribution is -2.42. The highest BCUT2D eigenvalue weighted by atomic mass is 16.6. The van der Waals surface area contributed by atoms with Crippen LogP contribution in [-0.2, 0) is 4.74 Å². The highest BCUT2D eigenvalue weighted by molar-refractivity contribution is 5.67. The van der Waals surface area contributed by atoms with Gasteiger partial charge in [0.15, 0.2) is 0 Å². The maximum Gasteiger partial charge on any atom is 0.407 e. The monoisotopic (exact) mass is 230 g/mol. The van der Waals surface area contributed by atoms with Gasteiger partial charge in [0.05, 0.1) is 0 Å². The average molecular weight is 230 g/mol. The molecule has 0 spiro atoms. The SMILES string of the molecule is CCCC(C)(CN)CNC(=O)OC(C)(C)C. The van der Waals surface area contributed by atoms with Crippen LogP contribution in [0.3, 0.4) is 0 Å². The average Bonchev–Trinajstić information content (AvgIpc) is 2.13. The van der Waals surface area contributed by atoms with Crippen LogP contribution in [0.5, 0.6) is 0 Å². The zero-order valence-electron chi connectivity index (χ0n) is 11.2. The van der Waals surface area contributed by atoms with Crippen molar-refractivity contribution >= 4 is 6.09 Å². The molecule has 0 radical (unpaired) electrons. The Morgan fingerprint density at radius 3 is 2.25 bits per heavy atom. The van der Waals surface area contributed by atoms with E-state index in [9.17, 15) is 4.79 Å². The van der Waals surface area contributed by atoms with Gasteiger partial charge in [-0.3, -0.25) is 0 Å². The van der Waals surface area contributed by atoms with E-state index in [4.69, 9.17) is 10.5 Å². The number of nitrogens with one attached hydrogen (secondary N) is 1. The maximum absolute atomic E-state index is 11.5. The van der Waals surface area contributed by atoms with Crippen LogP contribution in [0.1, 0.15) is 47.5 Å². The van der Waals surface area contributed by atoms with Gasteiger partial charge in [0.1, 0.15) is 5.60 Å². The van der Waals surface area contributed by atoms with Gasteiger partial charge in [0.2, 0.25) is 0 Å². The van der Waals surface area contributed by atoms with E-state index >= 15 is 0 Å². The van der Waals surface area contributed by atoms with E-state index in [1.54, 1.807) is 0 Å². The van der Waals surface area contributed by atoms with E-state index in [-0.39, 0.29) is 11.5 Å². The lowest BCUT2D eigenvalue weighted by molar-refractivity contribution is 0.0502. The van der Waals surface area contributed by atoms with Gasteiger partial charge in [-0.05, 0) is 39.2 Å². The van der Waals surface area contributed by atoms with Crippen LogP contribution >= 0.6 is 0 Å². The number of nitrogens with two attached hydrogens (primary N) is 1. The van der Waals surface area contributed by atoms with E-state index in [0.29, 0.717) is 13.1 Å². The summed E-state index contributed by atoms with van der Waals surface area (Å²) < 4.78 is 5.16. The summed E-state index contributed by atoms with van der Waals surface area (Å²) in [5, 5.41) is 2.77. The third-order valence-electron chi connectivity index (χ3n) is 2.40. The summed E-state index contributed by atoms with van der Waals surface area (Å²) in [5.74, 6) is 0. The van der Waals surface area contributed by atoms with Gasteiger partial charge in [-0.15, -0.1) is 0 Å². The molecule has 0 aliphatic rings. The van der Waals surface area contributed by atoms with Gasteiger partial charge in [-0.2, -0.15) is 0 Å². The standard InChI is InChI=1S/C12H26N2O2/c1-6-7-12(5,8-13)9-14-10(15)16-11(2,3)4/h6-9,13H2,1-5H3,(H,14,15). The van der Waals surface area contributed by atoms with E-state index in [1.165, 1.54) is 0 Å². The Hall–Kier alpha value is -0.770. The molecule has 0 aliphatic heterocycles. The molecule has 0 aromatic rings. The summed E-state index contributed by atoms with van der Waals surface area (Å²) in [6.45, 7) is 10.9. The summed E-state index contributed by atoms with van der Waals surface area (Å²) in [7, 11) is 0. The second-order valence-corrected chi connectivity index (χ2v) is 5.62. The molecule has 96 valence electrons. The van der Waals surface area contributed by atoms with Crippen molar-refractivity contribution in [2.45, 2.75) is 53.1 Å². The molecule has 4 nitrogen and oxygen atoms in total. The van der Waals surface area contributed by atoms with Crippen molar-refractivity contribution in [2.75, 3.05) is 13.1 Å². The summed E-state index contributed by atoms with van der Waals surface area (Å²) in [4.78, 5) is 11.5. The molecule has 3 N–H and O–H groups in total. The predicted molar refractivity (Wildman–Crippen MR) is 66.3 cm³/mol. The Balaban J connectivity index is 4.07. The van der Waals surface area contributed by atoms with Crippen LogP contribution in [0.15, 0.2) is 0 Å². The van der Waals surface area contributed by atoms with Gasteiger partial charge >= 0.3 is 6.09 Å². The topological polar surface area (TPSA) is 64.3 Å². The number of carbonyl (C=O) groups is 1. The first-order valence-corrected chi connectivity index (χ1v) is 5.89. The van der Waals surface area contributed by atoms with Crippen molar-refractivity contribution in [3.8, 4) is 0 Å². The smallest absolute Gasteiger partial charge is 0.407 e. The van der Waals surface area contributed by atoms with E-state index in [0.717, 1.165) is 12.8 Å². The molecule has 16 heavy (non-hydrogen) atoms. The van der Waals surface area contributed by atoms with Crippen molar-refractivity contribution in [3.63, 3.8) is 0 Å². The highest BCUT2D eigenvalue weighted by Gasteiger charge is 2.23. The first-order chi connectivity index (χ1) is 7.22. The minimum absolute atomic E-state index is 0.0361. The first-order valence-electron chi connectivity index (χ1n) is 5.89. The highest BCUT2D eigenvalue weighted by Crippen LogP contribution is 2.20. The van der Waals surface area contributed by atoms with Crippen LogP contribution in [-0.4, -0.2) is 24.8 Å². The summed E-state index contributed by atoms with van der Waals surface area (Å²) >= 11 is 0. The van der Waals surface area contributed by atoms with Crippen LogP contribution in [0.4, 0.5) is 4.79 Å². The zero-order chi connectivity index (χ0) is 12.8. The Labute approximate surface area is 98.9 Å². The number of ether oxygens (including phenoxy) is 1. The Morgan fingerprint density at radius 1 is 1.31 bits per heavy atom. The van der Waals surface area contributed by atoms with Crippen molar-refractivity contribution in [1.82, 2.24) is 5.32 Å². The fourth-order valence-electron chi connectivity index (χ4n) is 1.47. The lowest BCUT2D eigenvalue weighted by Gasteiger charge is -2.28.